The summed E-state index contributed by atoms with van der Waals surface area (Å²) in [6, 6.07) is 7.75. The number of rotatable bonds is 0. The van der Waals surface area contributed by atoms with Gasteiger partial charge in [-0.25, -0.2) is 0 Å². The first kappa shape index (κ1) is 9.45. The predicted octanol–water partition coefficient (Wildman–Crippen LogP) is 2.65. The zero-order chi connectivity index (χ0) is 5.98. The van der Waals surface area contributed by atoms with Gasteiger partial charge in [-0.3, -0.25) is 0 Å². The Morgan fingerprint density at radius 2 is 1.56 bits per heavy atom. The first-order valence-corrected chi connectivity index (χ1v) is 2.89. The van der Waals surface area contributed by atoms with Crippen LogP contribution in [-0.4, -0.2) is 0 Å². The van der Waals surface area contributed by atoms with E-state index in [1.54, 1.807) is 0 Å². The van der Waals surface area contributed by atoms with Gasteiger partial charge in [0.05, 0.1) is 0 Å². The minimum Gasteiger partial charge on any atom is -0.0843 e. The van der Waals surface area contributed by atoms with Crippen molar-refractivity contribution in [3.63, 3.8) is 0 Å². The standard InChI is InChI=1S/C7H7Cl.Hg/c1-6-2-4-7(8)5-3-6;/h2-5H,1H3;/q;+2. The van der Waals surface area contributed by atoms with Crippen molar-refractivity contribution in [2.45, 2.75) is 6.92 Å². The number of hydrogen-bond acceptors (Lipinski definition) is 0. The molecule has 2 heteroatoms. The van der Waals surface area contributed by atoms with Gasteiger partial charge in [0.25, 0.3) is 0 Å². The predicted molar refractivity (Wildman–Crippen MR) is 36.2 cm³/mol. The van der Waals surface area contributed by atoms with Crippen molar-refractivity contribution in [3.05, 3.63) is 34.9 Å². The Morgan fingerprint density at radius 1 is 1.11 bits per heavy atom. The Hall–Kier alpha value is 0.445. The molecule has 0 aliphatic rings. The van der Waals surface area contributed by atoms with Gasteiger partial charge in [0.2, 0.25) is 0 Å². The Kier molecular flexibility index (Phi) is 4.50. The molecule has 0 amide bonds. The molecule has 0 atom stereocenters. The summed E-state index contributed by atoms with van der Waals surface area (Å²) in [6.07, 6.45) is 0. The topological polar surface area (TPSA) is 0 Å². The molecule has 0 nitrogen and oxygen atoms in total. The molecule has 0 spiro atoms. The van der Waals surface area contributed by atoms with Crippen LogP contribution in [0.25, 0.3) is 0 Å². The number of hydrogen-bond donors (Lipinski definition) is 0. The van der Waals surface area contributed by atoms with Crippen LogP contribution in [0.1, 0.15) is 5.56 Å². The van der Waals surface area contributed by atoms with Crippen LogP contribution in [0.5, 0.6) is 0 Å². The van der Waals surface area contributed by atoms with Crippen molar-refractivity contribution < 1.29 is 27.7 Å². The van der Waals surface area contributed by atoms with Crippen molar-refractivity contribution in [3.8, 4) is 0 Å². The molecule has 0 aliphatic carbocycles. The maximum absolute atomic E-state index is 5.61. The molecule has 0 fully saturated rings. The van der Waals surface area contributed by atoms with Crippen molar-refractivity contribution >= 4 is 11.6 Å². The fourth-order valence-corrected chi connectivity index (χ4v) is 0.659. The van der Waals surface area contributed by atoms with Crippen LogP contribution < -0.4 is 0 Å². The van der Waals surface area contributed by atoms with E-state index in [0.717, 1.165) is 5.02 Å². The van der Waals surface area contributed by atoms with Gasteiger partial charge in [-0.15, -0.1) is 0 Å². The monoisotopic (exact) mass is 328 g/mol. The molecule has 0 unspecified atom stereocenters. The molecule has 9 heavy (non-hydrogen) atoms. The Morgan fingerprint density at radius 3 is 1.89 bits per heavy atom. The number of aryl methyl sites for hydroxylation is 1. The van der Waals surface area contributed by atoms with Crippen LogP contribution in [0.15, 0.2) is 24.3 Å². The number of halogens is 1. The summed E-state index contributed by atoms with van der Waals surface area (Å²) in [5.74, 6) is 0. The second-order valence-corrected chi connectivity index (χ2v) is 2.23. The maximum Gasteiger partial charge on any atom is 2.00 e. The van der Waals surface area contributed by atoms with E-state index in [2.05, 4.69) is 0 Å². The third-order valence-electron chi connectivity index (χ3n) is 1.01. The van der Waals surface area contributed by atoms with Crippen LogP contribution in [0.4, 0.5) is 0 Å². The van der Waals surface area contributed by atoms with Crippen molar-refractivity contribution in [1.82, 2.24) is 0 Å². The summed E-state index contributed by atoms with van der Waals surface area (Å²) in [5, 5.41) is 0.801. The summed E-state index contributed by atoms with van der Waals surface area (Å²) in [6.45, 7) is 2.04. The average molecular weight is 327 g/mol. The van der Waals surface area contributed by atoms with Gasteiger partial charge in [0.1, 0.15) is 0 Å². The average Bonchev–Trinajstić information content (AvgIpc) is 1.77. The molecule has 42 valence electrons. The number of benzene rings is 1. The quantitative estimate of drug-likeness (QED) is 0.643. The molecule has 0 N–H and O–H groups in total. The first-order chi connectivity index (χ1) is 3.79. The molecule has 0 radical (unpaired) electrons. The molecule has 0 saturated heterocycles. The second kappa shape index (κ2) is 4.29. The molecule has 1 rings (SSSR count). The SMILES string of the molecule is Cc1ccc(Cl)cc1.[Hg+2]. The van der Waals surface area contributed by atoms with Gasteiger partial charge in [0, 0.05) is 5.02 Å². The van der Waals surface area contributed by atoms with E-state index in [-0.39, 0.29) is 27.7 Å². The largest absolute Gasteiger partial charge is 2.00 e. The van der Waals surface area contributed by atoms with Gasteiger partial charge in [-0.2, -0.15) is 0 Å². The van der Waals surface area contributed by atoms with Crippen LogP contribution in [0.3, 0.4) is 0 Å². The summed E-state index contributed by atoms with van der Waals surface area (Å²) < 4.78 is 0. The molecule has 0 aliphatic heterocycles. The molecule has 1 aromatic carbocycles. The van der Waals surface area contributed by atoms with E-state index >= 15 is 0 Å². The van der Waals surface area contributed by atoms with Crippen LogP contribution >= 0.6 is 11.6 Å². The van der Waals surface area contributed by atoms with Crippen molar-refractivity contribution in [2.24, 2.45) is 0 Å². The summed E-state index contributed by atoms with van der Waals surface area (Å²) in [7, 11) is 0. The molecule has 1 aromatic rings. The molecule has 0 heterocycles. The van der Waals surface area contributed by atoms with E-state index in [1.807, 2.05) is 31.2 Å². The van der Waals surface area contributed by atoms with Gasteiger partial charge < -0.3 is 0 Å². The minimum absolute atomic E-state index is 0. The zero-order valence-corrected chi connectivity index (χ0v) is 11.6. The van der Waals surface area contributed by atoms with E-state index in [9.17, 15) is 0 Å². The fraction of sp³-hybridized carbons (Fsp3) is 0.143. The van der Waals surface area contributed by atoms with Crippen LogP contribution in [-0.2, 0) is 27.7 Å². The van der Waals surface area contributed by atoms with Crippen LogP contribution in [0.2, 0.25) is 5.02 Å². The normalized spacial score (nSPS) is 8.22. The van der Waals surface area contributed by atoms with Crippen molar-refractivity contribution in [2.75, 3.05) is 0 Å². The summed E-state index contributed by atoms with van der Waals surface area (Å²) in [4.78, 5) is 0. The second-order valence-electron chi connectivity index (χ2n) is 1.80. The Labute approximate surface area is 80.7 Å². The van der Waals surface area contributed by atoms with Gasteiger partial charge >= 0.3 is 27.7 Å². The van der Waals surface area contributed by atoms with E-state index in [0.29, 0.717) is 0 Å². The van der Waals surface area contributed by atoms with Gasteiger partial charge in [-0.05, 0) is 19.1 Å². The summed E-state index contributed by atoms with van der Waals surface area (Å²) in [5.41, 5.74) is 1.24. The van der Waals surface area contributed by atoms with E-state index in [1.165, 1.54) is 5.56 Å². The Bertz CT molecular complexity index is 148. The molecular weight excluding hydrogens is 320 g/mol. The molecule has 0 aromatic heterocycles. The maximum atomic E-state index is 5.61. The summed E-state index contributed by atoms with van der Waals surface area (Å²) >= 11 is 5.61. The molecule has 0 bridgehead atoms. The minimum atomic E-state index is 0. The molecule has 0 saturated carbocycles. The first-order valence-electron chi connectivity index (χ1n) is 2.51. The van der Waals surface area contributed by atoms with Gasteiger partial charge in [-0.1, -0.05) is 29.3 Å². The van der Waals surface area contributed by atoms with E-state index < -0.39 is 0 Å². The van der Waals surface area contributed by atoms with Crippen molar-refractivity contribution in [1.29, 1.82) is 0 Å². The van der Waals surface area contributed by atoms with Crippen LogP contribution in [0, 0.1) is 6.92 Å². The third kappa shape index (κ3) is 3.22. The smallest absolute Gasteiger partial charge is 0.0843 e. The molecular formula is C7H7ClHg+2. The Balaban J connectivity index is 0.000000640. The fourth-order valence-electron chi connectivity index (χ4n) is 0.533. The zero-order valence-electron chi connectivity index (χ0n) is 5.39. The van der Waals surface area contributed by atoms with E-state index in [4.69, 9.17) is 11.6 Å². The third-order valence-corrected chi connectivity index (χ3v) is 1.26. The van der Waals surface area contributed by atoms with Gasteiger partial charge in [0.15, 0.2) is 0 Å².